The van der Waals surface area contributed by atoms with Crippen LogP contribution in [0.2, 0.25) is 10.0 Å². The summed E-state index contributed by atoms with van der Waals surface area (Å²) >= 11 is 11.7. The predicted molar refractivity (Wildman–Crippen MR) is 73.7 cm³/mol. The Hall–Kier alpha value is -1.46. The van der Waals surface area contributed by atoms with Gasteiger partial charge in [0.05, 0.1) is 10.6 Å². The maximum atomic E-state index is 12.3. The minimum absolute atomic E-state index is 0.0419. The molecule has 3 N–H and O–H groups in total. The normalized spacial score (nSPS) is 27.3. The van der Waals surface area contributed by atoms with E-state index in [1.165, 1.54) is 12.1 Å². The zero-order valence-electron chi connectivity index (χ0n) is 10.3. The lowest BCUT2D eigenvalue weighted by molar-refractivity contribution is -0.120. The molecule has 2 atom stereocenters. The number of amides is 2. The van der Waals surface area contributed by atoms with E-state index in [1.54, 1.807) is 4.90 Å². The third kappa shape index (κ3) is 2.01. The maximum Gasteiger partial charge on any atom is 0.257 e. The first-order valence-electron chi connectivity index (χ1n) is 6.16. The van der Waals surface area contributed by atoms with Crippen molar-refractivity contribution in [3.8, 4) is 5.75 Å². The molecule has 2 unspecified atom stereocenters. The van der Waals surface area contributed by atoms with Gasteiger partial charge in [0.15, 0.2) is 0 Å². The van der Waals surface area contributed by atoms with Crippen LogP contribution in [-0.2, 0) is 4.79 Å². The van der Waals surface area contributed by atoms with E-state index in [0.29, 0.717) is 13.1 Å². The van der Waals surface area contributed by atoms with Gasteiger partial charge in [-0.2, -0.15) is 0 Å². The van der Waals surface area contributed by atoms with E-state index in [2.05, 4.69) is 0 Å². The summed E-state index contributed by atoms with van der Waals surface area (Å²) in [5, 5.41) is 10.2. The summed E-state index contributed by atoms with van der Waals surface area (Å²) in [6, 6.07) is 2.76. The second-order valence-corrected chi connectivity index (χ2v) is 6.09. The van der Waals surface area contributed by atoms with E-state index in [1.807, 2.05) is 0 Å². The molecule has 0 bridgehead atoms. The predicted octanol–water partition coefficient (Wildman–Crippen LogP) is 1.50. The van der Waals surface area contributed by atoms with Crippen LogP contribution < -0.4 is 5.73 Å². The Morgan fingerprint density at radius 1 is 1.25 bits per heavy atom. The standard InChI is InChI=1S/C13H12Cl2N2O3/c14-5-1-6(11(18)9(15)2-5)13(20)17-3-7-8(4-17)10(7)12(16)19/h1-2,7-8,10,18H,3-4H2,(H2,16,19). The van der Waals surface area contributed by atoms with Gasteiger partial charge in [-0.15, -0.1) is 0 Å². The van der Waals surface area contributed by atoms with Gasteiger partial charge in [0, 0.05) is 24.0 Å². The smallest absolute Gasteiger partial charge is 0.257 e. The monoisotopic (exact) mass is 314 g/mol. The van der Waals surface area contributed by atoms with Crippen molar-refractivity contribution >= 4 is 35.0 Å². The van der Waals surface area contributed by atoms with E-state index >= 15 is 0 Å². The zero-order valence-corrected chi connectivity index (χ0v) is 11.9. The number of hydrogen-bond acceptors (Lipinski definition) is 3. The van der Waals surface area contributed by atoms with Crippen molar-refractivity contribution in [3.63, 3.8) is 0 Å². The number of nitrogens with zero attached hydrogens (tertiary/aromatic N) is 1. The fourth-order valence-electron chi connectivity index (χ4n) is 3.01. The highest BCUT2D eigenvalue weighted by molar-refractivity contribution is 6.36. The number of hydrogen-bond donors (Lipinski definition) is 2. The number of halogens is 2. The van der Waals surface area contributed by atoms with Gasteiger partial charge < -0.3 is 15.7 Å². The number of phenols is 1. The molecule has 2 aliphatic rings. The summed E-state index contributed by atoms with van der Waals surface area (Å²) in [6.07, 6.45) is 0. The van der Waals surface area contributed by atoms with Gasteiger partial charge >= 0.3 is 0 Å². The van der Waals surface area contributed by atoms with E-state index in [9.17, 15) is 14.7 Å². The summed E-state index contributed by atoms with van der Waals surface area (Å²) in [4.78, 5) is 25.1. The number of nitrogens with two attached hydrogens (primary N) is 1. The molecule has 3 rings (SSSR count). The molecule has 1 aromatic rings. The first kappa shape index (κ1) is 13.5. The number of likely N-dealkylation sites (tertiary alicyclic amines) is 1. The minimum Gasteiger partial charge on any atom is -0.506 e. The number of piperidine rings is 1. The van der Waals surface area contributed by atoms with Crippen LogP contribution in [0.25, 0.3) is 0 Å². The second kappa shape index (κ2) is 4.53. The van der Waals surface area contributed by atoms with Gasteiger partial charge in [-0.05, 0) is 24.0 Å². The molecule has 0 aromatic heterocycles. The molecular weight excluding hydrogens is 303 g/mol. The molecule has 106 valence electrons. The molecular formula is C13H12Cl2N2O3. The van der Waals surface area contributed by atoms with Crippen LogP contribution in [0.3, 0.4) is 0 Å². The van der Waals surface area contributed by atoms with Crippen molar-refractivity contribution in [2.75, 3.05) is 13.1 Å². The quantitative estimate of drug-likeness (QED) is 0.867. The molecule has 1 aliphatic carbocycles. The Kier molecular flexibility index (Phi) is 3.06. The van der Waals surface area contributed by atoms with Crippen LogP contribution in [0.4, 0.5) is 0 Å². The molecule has 2 fully saturated rings. The summed E-state index contributed by atoms with van der Waals surface area (Å²) < 4.78 is 0. The highest BCUT2D eigenvalue weighted by Gasteiger charge is 2.59. The molecule has 1 saturated carbocycles. The van der Waals surface area contributed by atoms with Crippen LogP contribution in [-0.4, -0.2) is 34.9 Å². The summed E-state index contributed by atoms with van der Waals surface area (Å²) in [5.41, 5.74) is 5.35. The topological polar surface area (TPSA) is 83.6 Å². The Bertz CT molecular complexity index is 608. The first-order valence-corrected chi connectivity index (χ1v) is 6.92. The molecule has 2 amide bonds. The number of carbonyl (C=O) groups excluding carboxylic acids is 2. The molecule has 7 heteroatoms. The fraction of sp³-hybridized carbons (Fsp3) is 0.385. The molecule has 0 radical (unpaired) electrons. The number of aromatic hydroxyl groups is 1. The molecule has 1 saturated heterocycles. The summed E-state index contributed by atoms with van der Waals surface area (Å²) in [6.45, 7) is 0.946. The van der Waals surface area contributed by atoms with Gasteiger partial charge in [0.25, 0.3) is 5.91 Å². The lowest BCUT2D eigenvalue weighted by Gasteiger charge is -2.20. The van der Waals surface area contributed by atoms with E-state index < -0.39 is 0 Å². The Labute approximate surface area is 125 Å². The fourth-order valence-corrected chi connectivity index (χ4v) is 3.51. The number of benzene rings is 1. The van der Waals surface area contributed by atoms with Gasteiger partial charge in [0.2, 0.25) is 5.91 Å². The average Bonchev–Trinajstić information content (AvgIpc) is 2.89. The van der Waals surface area contributed by atoms with Crippen molar-refractivity contribution in [2.24, 2.45) is 23.5 Å². The van der Waals surface area contributed by atoms with Crippen molar-refractivity contribution in [2.45, 2.75) is 0 Å². The lowest BCUT2D eigenvalue weighted by Crippen LogP contribution is -2.33. The van der Waals surface area contributed by atoms with Crippen molar-refractivity contribution in [1.29, 1.82) is 0 Å². The van der Waals surface area contributed by atoms with E-state index in [-0.39, 0.29) is 50.9 Å². The van der Waals surface area contributed by atoms with Crippen LogP contribution in [0.1, 0.15) is 10.4 Å². The van der Waals surface area contributed by atoms with Gasteiger partial charge in [-0.1, -0.05) is 23.2 Å². The minimum atomic E-state index is -0.331. The number of primary amides is 1. The van der Waals surface area contributed by atoms with Crippen LogP contribution in [0.5, 0.6) is 5.75 Å². The first-order chi connectivity index (χ1) is 9.40. The van der Waals surface area contributed by atoms with Crippen LogP contribution >= 0.6 is 23.2 Å². The van der Waals surface area contributed by atoms with Crippen molar-refractivity contribution in [3.05, 3.63) is 27.7 Å². The third-order valence-electron chi connectivity index (χ3n) is 4.07. The third-order valence-corrected chi connectivity index (χ3v) is 4.57. The maximum absolute atomic E-state index is 12.3. The summed E-state index contributed by atoms with van der Waals surface area (Å²) in [7, 11) is 0. The Morgan fingerprint density at radius 3 is 2.40 bits per heavy atom. The second-order valence-electron chi connectivity index (χ2n) is 5.25. The highest BCUT2D eigenvalue weighted by atomic mass is 35.5. The zero-order chi connectivity index (χ0) is 14.6. The average molecular weight is 315 g/mol. The number of rotatable bonds is 2. The number of fused-ring (bicyclic) bond motifs is 1. The molecule has 0 spiro atoms. The Morgan fingerprint density at radius 2 is 1.85 bits per heavy atom. The van der Waals surface area contributed by atoms with Crippen LogP contribution in [0.15, 0.2) is 12.1 Å². The summed E-state index contributed by atoms with van der Waals surface area (Å²) in [5.74, 6) is -0.728. The number of phenolic OH excluding ortho intramolecular Hbond substituents is 1. The van der Waals surface area contributed by atoms with Crippen LogP contribution in [0, 0.1) is 17.8 Å². The SMILES string of the molecule is NC(=O)C1C2CN(C(=O)c3cc(Cl)cc(Cl)c3O)CC21. The largest absolute Gasteiger partial charge is 0.506 e. The molecule has 1 aromatic carbocycles. The van der Waals surface area contributed by atoms with Crippen molar-refractivity contribution < 1.29 is 14.7 Å². The highest BCUT2D eigenvalue weighted by Crippen LogP contribution is 2.51. The lowest BCUT2D eigenvalue weighted by atomic mass is 10.1. The molecule has 5 nitrogen and oxygen atoms in total. The molecule has 1 heterocycles. The van der Waals surface area contributed by atoms with Gasteiger partial charge in [-0.25, -0.2) is 0 Å². The van der Waals surface area contributed by atoms with Gasteiger partial charge in [0.1, 0.15) is 5.75 Å². The molecule has 1 aliphatic heterocycles. The molecule has 20 heavy (non-hydrogen) atoms. The van der Waals surface area contributed by atoms with Crippen molar-refractivity contribution in [1.82, 2.24) is 4.90 Å². The number of carbonyl (C=O) groups is 2. The Balaban J connectivity index is 1.78. The van der Waals surface area contributed by atoms with Gasteiger partial charge in [-0.3, -0.25) is 9.59 Å². The van der Waals surface area contributed by atoms with E-state index in [4.69, 9.17) is 28.9 Å². The van der Waals surface area contributed by atoms with E-state index in [0.717, 1.165) is 0 Å².